The first-order valence-electron chi connectivity index (χ1n) is 10.3. The minimum Gasteiger partial charge on any atom is -0.493 e. The van der Waals surface area contributed by atoms with Gasteiger partial charge < -0.3 is 19.4 Å². The van der Waals surface area contributed by atoms with E-state index in [1.165, 1.54) is 0 Å². The molecule has 0 radical (unpaired) electrons. The van der Waals surface area contributed by atoms with Crippen LogP contribution >= 0.6 is 0 Å². The number of aromatic nitrogens is 1. The molecule has 0 bridgehead atoms. The second-order valence-electron chi connectivity index (χ2n) is 7.63. The zero-order chi connectivity index (χ0) is 21.8. The van der Waals surface area contributed by atoms with Gasteiger partial charge in [0.15, 0.2) is 17.5 Å². The van der Waals surface area contributed by atoms with Gasteiger partial charge in [-0.05, 0) is 18.2 Å². The van der Waals surface area contributed by atoms with Gasteiger partial charge in [0, 0.05) is 28.2 Å². The molecule has 0 aliphatic rings. The lowest BCUT2D eigenvalue weighted by atomic mass is 9.95. The smallest absolute Gasteiger partial charge is 0.226 e. The predicted octanol–water partition coefficient (Wildman–Crippen LogP) is 3.82. The van der Waals surface area contributed by atoms with Crippen LogP contribution < -0.4 is 14.4 Å². The number of quaternary nitrogens is 1. The van der Waals surface area contributed by atoms with E-state index in [1.807, 2.05) is 86.0 Å². The third-order valence-corrected chi connectivity index (χ3v) is 5.70. The Morgan fingerprint density at radius 2 is 1.68 bits per heavy atom. The Morgan fingerprint density at radius 1 is 0.935 bits per heavy atom. The molecule has 1 heterocycles. The van der Waals surface area contributed by atoms with Crippen LogP contribution in [0.2, 0.25) is 0 Å². The van der Waals surface area contributed by atoms with E-state index < -0.39 is 0 Å². The van der Waals surface area contributed by atoms with Gasteiger partial charge >= 0.3 is 0 Å². The molecule has 4 rings (SSSR count). The van der Waals surface area contributed by atoms with Gasteiger partial charge in [0.2, 0.25) is 5.78 Å². The van der Waals surface area contributed by atoms with Gasteiger partial charge in [-0.2, -0.15) is 0 Å². The average Bonchev–Trinajstić information content (AvgIpc) is 3.24. The second kappa shape index (κ2) is 9.06. The van der Waals surface area contributed by atoms with Crippen molar-refractivity contribution in [3.63, 3.8) is 0 Å². The molecule has 3 aromatic carbocycles. The van der Waals surface area contributed by atoms with Gasteiger partial charge in [-0.3, -0.25) is 4.79 Å². The van der Waals surface area contributed by atoms with Crippen molar-refractivity contribution in [3.05, 3.63) is 95.7 Å². The average molecular weight is 416 g/mol. The van der Waals surface area contributed by atoms with E-state index in [0.29, 0.717) is 23.6 Å². The highest BCUT2D eigenvalue weighted by molar-refractivity contribution is 6.10. The number of hydrogen-bond acceptors (Lipinski definition) is 3. The molecule has 0 amide bonds. The minimum absolute atomic E-state index is 0.0861. The molecular weight excluding hydrogens is 388 g/mol. The van der Waals surface area contributed by atoms with Crippen molar-refractivity contribution in [2.75, 3.05) is 21.3 Å². The summed E-state index contributed by atoms with van der Waals surface area (Å²) in [6.45, 7) is 0.605. The Hall–Kier alpha value is -3.57. The first-order chi connectivity index (χ1) is 15.1. The largest absolute Gasteiger partial charge is 0.493 e. The maximum Gasteiger partial charge on any atom is 0.226 e. The molecule has 1 aromatic heterocycles. The maximum atomic E-state index is 13.8. The fourth-order valence-electron chi connectivity index (χ4n) is 4.23. The molecule has 31 heavy (non-hydrogen) atoms. The Bertz CT molecular complexity index is 1180. The molecule has 0 fully saturated rings. The molecule has 0 aliphatic carbocycles. The number of benzene rings is 3. The number of H-pyrrole nitrogens is 1. The summed E-state index contributed by atoms with van der Waals surface area (Å²) in [5, 5.41) is 0.945. The van der Waals surface area contributed by atoms with E-state index in [9.17, 15) is 4.79 Å². The Balaban J connectivity index is 1.73. The molecule has 0 saturated heterocycles. The predicted molar refractivity (Wildman–Crippen MR) is 122 cm³/mol. The van der Waals surface area contributed by atoms with E-state index in [4.69, 9.17) is 9.47 Å². The number of likely N-dealkylation sites (N-methyl/N-ethyl adjacent to an activating group) is 1. The van der Waals surface area contributed by atoms with Gasteiger partial charge in [0.05, 0.1) is 26.8 Å². The number of methoxy groups -OCH3 is 2. The number of Topliss-reactive ketones (excluding diaryl/α,β-unsaturated/α-hetero) is 1. The van der Waals surface area contributed by atoms with Gasteiger partial charge in [-0.1, -0.05) is 54.6 Å². The lowest BCUT2D eigenvalue weighted by Crippen LogP contribution is -3.09. The van der Waals surface area contributed by atoms with Gasteiger partial charge in [0.1, 0.15) is 6.54 Å². The SMILES string of the molecule is COc1cccc(C[NH+](C)[C@@H](C(=O)c2c[nH]c3ccccc23)c2ccccc2)c1OC. The second-order valence-corrected chi connectivity index (χ2v) is 7.63. The van der Waals surface area contributed by atoms with Crippen LogP contribution in [-0.2, 0) is 6.54 Å². The maximum absolute atomic E-state index is 13.8. The number of carbonyl (C=O) groups is 1. The molecular formula is C26H27N2O3+. The van der Waals surface area contributed by atoms with Crippen LogP contribution in [0.25, 0.3) is 10.9 Å². The summed E-state index contributed by atoms with van der Waals surface area (Å²) in [4.78, 5) is 18.1. The molecule has 0 saturated carbocycles. The molecule has 0 aliphatic heterocycles. The molecule has 2 atom stereocenters. The molecule has 5 nitrogen and oxygen atoms in total. The van der Waals surface area contributed by atoms with Gasteiger partial charge in [0.25, 0.3) is 0 Å². The molecule has 0 spiro atoms. The van der Waals surface area contributed by atoms with Crippen LogP contribution in [-0.4, -0.2) is 32.0 Å². The first kappa shape index (κ1) is 20.7. The third kappa shape index (κ3) is 4.05. The van der Waals surface area contributed by atoms with Crippen molar-refractivity contribution in [3.8, 4) is 11.5 Å². The zero-order valence-electron chi connectivity index (χ0n) is 18.0. The fraction of sp³-hybridized carbons (Fsp3) is 0.192. The highest BCUT2D eigenvalue weighted by Gasteiger charge is 2.32. The summed E-state index contributed by atoms with van der Waals surface area (Å²) in [7, 11) is 5.32. The van der Waals surface area contributed by atoms with Crippen LogP contribution in [0.15, 0.2) is 79.0 Å². The van der Waals surface area contributed by atoms with E-state index in [2.05, 4.69) is 4.98 Å². The van der Waals surface area contributed by atoms with Crippen LogP contribution in [0.1, 0.15) is 27.5 Å². The van der Waals surface area contributed by atoms with Crippen LogP contribution in [0.4, 0.5) is 0 Å². The fourth-order valence-corrected chi connectivity index (χ4v) is 4.23. The molecule has 4 aromatic rings. The van der Waals surface area contributed by atoms with Crippen molar-refractivity contribution >= 4 is 16.7 Å². The topological polar surface area (TPSA) is 55.8 Å². The van der Waals surface area contributed by atoms with E-state index >= 15 is 0 Å². The quantitative estimate of drug-likeness (QED) is 0.430. The minimum atomic E-state index is -0.365. The van der Waals surface area contributed by atoms with Crippen LogP contribution in [0.3, 0.4) is 0 Å². The molecule has 158 valence electrons. The zero-order valence-corrected chi connectivity index (χ0v) is 18.0. The number of carbonyl (C=O) groups excluding carboxylic acids is 1. The number of ketones is 1. The van der Waals surface area contributed by atoms with Crippen molar-refractivity contribution in [1.29, 1.82) is 0 Å². The number of para-hydroxylation sites is 2. The van der Waals surface area contributed by atoms with Crippen molar-refractivity contribution < 1.29 is 19.2 Å². The molecule has 1 unspecified atom stereocenters. The number of hydrogen-bond donors (Lipinski definition) is 2. The Labute approximate surface area is 182 Å². The van der Waals surface area contributed by atoms with Crippen molar-refractivity contribution in [2.24, 2.45) is 0 Å². The number of nitrogens with one attached hydrogen (secondary N) is 2. The summed E-state index contributed by atoms with van der Waals surface area (Å²) in [6.07, 6.45) is 1.82. The van der Waals surface area contributed by atoms with E-state index in [1.54, 1.807) is 14.2 Å². The van der Waals surface area contributed by atoms with Crippen LogP contribution in [0, 0.1) is 0 Å². The molecule has 2 N–H and O–H groups in total. The van der Waals surface area contributed by atoms with Gasteiger partial charge in [-0.15, -0.1) is 0 Å². The van der Waals surface area contributed by atoms with E-state index in [0.717, 1.165) is 26.9 Å². The highest BCUT2D eigenvalue weighted by atomic mass is 16.5. The number of rotatable bonds is 8. The summed E-state index contributed by atoms with van der Waals surface area (Å²) in [6, 6.07) is 23.3. The number of aromatic amines is 1. The summed E-state index contributed by atoms with van der Waals surface area (Å²) in [5.41, 5.74) is 3.65. The number of fused-ring (bicyclic) bond motifs is 1. The monoisotopic (exact) mass is 415 g/mol. The standard InChI is InChI=1S/C26H26N2O3/c1-28(17-19-12-9-15-23(30-2)26(19)31-3)24(18-10-5-4-6-11-18)25(29)21-16-27-22-14-8-7-13-20(21)22/h4-16,24,27H,17H2,1-3H3/p+1/t24-/m1/s1. The summed E-state index contributed by atoms with van der Waals surface area (Å²) >= 11 is 0. The third-order valence-electron chi connectivity index (χ3n) is 5.70. The number of ether oxygens (including phenoxy) is 2. The van der Waals surface area contributed by atoms with E-state index in [-0.39, 0.29) is 11.8 Å². The molecule has 5 heteroatoms. The van der Waals surface area contributed by atoms with Crippen molar-refractivity contribution in [2.45, 2.75) is 12.6 Å². The highest BCUT2D eigenvalue weighted by Crippen LogP contribution is 2.30. The Morgan fingerprint density at radius 3 is 2.42 bits per heavy atom. The normalized spacial score (nSPS) is 13.0. The lowest BCUT2D eigenvalue weighted by molar-refractivity contribution is -0.915. The Kier molecular flexibility index (Phi) is 6.05. The van der Waals surface area contributed by atoms with Gasteiger partial charge in [-0.25, -0.2) is 0 Å². The van der Waals surface area contributed by atoms with Crippen molar-refractivity contribution in [1.82, 2.24) is 4.98 Å². The first-order valence-corrected chi connectivity index (χ1v) is 10.3. The van der Waals surface area contributed by atoms with Crippen LogP contribution in [0.5, 0.6) is 11.5 Å². The summed E-state index contributed by atoms with van der Waals surface area (Å²) in [5.74, 6) is 1.48. The lowest BCUT2D eigenvalue weighted by Gasteiger charge is -2.25. The summed E-state index contributed by atoms with van der Waals surface area (Å²) < 4.78 is 11.1.